The number of hydrogen-bond donors (Lipinski definition) is 2. The Kier molecular flexibility index (Phi) is 4.59. The lowest BCUT2D eigenvalue weighted by Gasteiger charge is -2.23. The Bertz CT molecular complexity index is 519. The van der Waals surface area contributed by atoms with Crippen LogP contribution in [0.25, 0.3) is 11.1 Å². The van der Waals surface area contributed by atoms with E-state index in [1.54, 1.807) is 0 Å². The maximum atomic E-state index is 10.3. The highest BCUT2D eigenvalue weighted by molar-refractivity contribution is 6.28. The number of nitrogens with one attached hydrogen (secondary N) is 1. The van der Waals surface area contributed by atoms with Gasteiger partial charge in [0.2, 0.25) is 0 Å². The molecule has 2 heterocycles. The van der Waals surface area contributed by atoms with Crippen molar-refractivity contribution < 1.29 is 14.3 Å². The van der Waals surface area contributed by atoms with Gasteiger partial charge in [-0.1, -0.05) is 12.1 Å². The van der Waals surface area contributed by atoms with Crippen molar-refractivity contribution in [3.05, 3.63) is 29.6 Å². The molecule has 1 aromatic carbocycles. The predicted octanol–water partition coefficient (Wildman–Crippen LogP) is 2.05. The van der Waals surface area contributed by atoms with E-state index in [1.165, 1.54) is 4.90 Å². The quantitative estimate of drug-likeness (QED) is 0.774. The molecule has 2 aromatic rings. The number of oxazole rings is 1. The zero-order valence-corrected chi connectivity index (χ0v) is 10.9. The van der Waals surface area contributed by atoms with Gasteiger partial charge in [-0.15, -0.1) is 0 Å². The fourth-order valence-electron chi connectivity index (χ4n) is 1.70. The number of halogens is 1. The van der Waals surface area contributed by atoms with Gasteiger partial charge in [0, 0.05) is 26.2 Å². The van der Waals surface area contributed by atoms with Crippen molar-refractivity contribution in [3.63, 3.8) is 0 Å². The highest BCUT2D eigenvalue weighted by Gasteiger charge is 2.13. The van der Waals surface area contributed by atoms with Crippen molar-refractivity contribution in [3.8, 4) is 0 Å². The number of hydrogen-bond acceptors (Lipinski definition) is 4. The van der Waals surface area contributed by atoms with Crippen LogP contribution in [-0.4, -0.2) is 47.3 Å². The summed E-state index contributed by atoms with van der Waals surface area (Å²) in [6.07, 6.45) is -0.809. The number of rotatable bonds is 0. The third-order valence-electron chi connectivity index (χ3n) is 2.66. The van der Waals surface area contributed by atoms with Gasteiger partial charge in [-0.2, -0.15) is 4.98 Å². The highest BCUT2D eigenvalue weighted by Crippen LogP contribution is 2.17. The van der Waals surface area contributed by atoms with Gasteiger partial charge in [0.05, 0.1) is 0 Å². The minimum atomic E-state index is -0.809. The molecular weight excluding hydrogens is 270 g/mol. The van der Waals surface area contributed by atoms with Crippen molar-refractivity contribution in [1.82, 2.24) is 15.2 Å². The molecule has 1 aliphatic rings. The number of nitrogens with zero attached hydrogens (tertiary/aromatic N) is 2. The molecule has 0 saturated carbocycles. The topological polar surface area (TPSA) is 78.6 Å². The molecule has 6 nitrogen and oxygen atoms in total. The van der Waals surface area contributed by atoms with Crippen molar-refractivity contribution in [2.24, 2.45) is 0 Å². The first-order chi connectivity index (χ1) is 9.16. The van der Waals surface area contributed by atoms with E-state index in [2.05, 4.69) is 10.3 Å². The van der Waals surface area contributed by atoms with Crippen molar-refractivity contribution >= 4 is 28.8 Å². The molecular formula is C12H14ClN3O3. The molecule has 0 aliphatic carbocycles. The third kappa shape index (κ3) is 3.84. The van der Waals surface area contributed by atoms with Crippen LogP contribution in [0.15, 0.2) is 28.7 Å². The second-order valence-electron chi connectivity index (χ2n) is 3.95. The average Bonchev–Trinajstić information content (AvgIpc) is 2.80. The van der Waals surface area contributed by atoms with Crippen LogP contribution in [0, 0.1) is 0 Å². The maximum absolute atomic E-state index is 10.3. The Morgan fingerprint density at radius 1 is 1.37 bits per heavy atom. The smallest absolute Gasteiger partial charge is 0.407 e. The van der Waals surface area contributed by atoms with Crippen LogP contribution < -0.4 is 5.32 Å². The molecule has 102 valence electrons. The van der Waals surface area contributed by atoms with E-state index in [-0.39, 0.29) is 5.35 Å². The summed E-state index contributed by atoms with van der Waals surface area (Å²) in [5.74, 6) is 0. The number of piperazine rings is 1. The van der Waals surface area contributed by atoms with Gasteiger partial charge in [0.1, 0.15) is 5.52 Å². The number of benzene rings is 1. The normalized spacial score (nSPS) is 14.9. The fourth-order valence-corrected chi connectivity index (χ4v) is 1.87. The summed E-state index contributed by atoms with van der Waals surface area (Å²) >= 11 is 5.51. The molecule has 7 heteroatoms. The molecule has 19 heavy (non-hydrogen) atoms. The summed E-state index contributed by atoms with van der Waals surface area (Å²) in [7, 11) is 0. The van der Waals surface area contributed by atoms with Crippen LogP contribution in [0.3, 0.4) is 0 Å². The number of amides is 1. The molecule has 1 saturated heterocycles. The van der Waals surface area contributed by atoms with Gasteiger partial charge in [-0.25, -0.2) is 4.79 Å². The van der Waals surface area contributed by atoms with Gasteiger partial charge in [-0.3, -0.25) is 0 Å². The number of para-hydroxylation sites is 2. The van der Waals surface area contributed by atoms with Crippen LogP contribution in [0.1, 0.15) is 0 Å². The molecule has 0 radical (unpaired) electrons. The summed E-state index contributed by atoms with van der Waals surface area (Å²) in [6.45, 7) is 2.81. The average molecular weight is 284 g/mol. The number of fused-ring (bicyclic) bond motifs is 1. The summed E-state index contributed by atoms with van der Waals surface area (Å²) in [6, 6.07) is 7.45. The number of carboxylic acid groups (broad SMARTS) is 1. The molecule has 0 atom stereocenters. The summed E-state index contributed by atoms with van der Waals surface area (Å²) in [4.78, 5) is 15.6. The zero-order valence-electron chi connectivity index (χ0n) is 10.2. The molecule has 1 fully saturated rings. The summed E-state index contributed by atoms with van der Waals surface area (Å²) < 4.78 is 5.02. The van der Waals surface area contributed by atoms with E-state index in [9.17, 15) is 4.79 Å². The first-order valence-corrected chi connectivity index (χ1v) is 6.24. The second kappa shape index (κ2) is 6.40. The highest BCUT2D eigenvalue weighted by atomic mass is 35.5. The molecule has 1 aliphatic heterocycles. The van der Waals surface area contributed by atoms with Crippen LogP contribution in [-0.2, 0) is 0 Å². The first kappa shape index (κ1) is 13.6. The lowest BCUT2D eigenvalue weighted by molar-refractivity contribution is 0.139. The molecule has 1 aromatic heterocycles. The Morgan fingerprint density at radius 3 is 2.63 bits per heavy atom. The van der Waals surface area contributed by atoms with Crippen LogP contribution in [0.2, 0.25) is 5.35 Å². The molecule has 2 N–H and O–H groups in total. The Hall–Kier alpha value is -1.79. The molecule has 0 spiro atoms. The molecule has 0 unspecified atom stereocenters. The monoisotopic (exact) mass is 283 g/mol. The Morgan fingerprint density at radius 2 is 2.05 bits per heavy atom. The lowest BCUT2D eigenvalue weighted by Crippen LogP contribution is -2.45. The van der Waals surface area contributed by atoms with E-state index in [0.29, 0.717) is 13.1 Å². The predicted molar refractivity (Wildman–Crippen MR) is 71.5 cm³/mol. The number of carbonyl (C=O) groups is 1. The fraction of sp³-hybridized carbons (Fsp3) is 0.333. The third-order valence-corrected chi connectivity index (χ3v) is 2.82. The van der Waals surface area contributed by atoms with Gasteiger partial charge < -0.3 is 19.7 Å². The first-order valence-electron chi connectivity index (χ1n) is 5.86. The molecule has 0 bridgehead atoms. The van der Waals surface area contributed by atoms with Gasteiger partial charge in [0.25, 0.3) is 5.35 Å². The van der Waals surface area contributed by atoms with Crippen molar-refractivity contribution in [1.29, 1.82) is 0 Å². The van der Waals surface area contributed by atoms with E-state index in [1.807, 2.05) is 24.3 Å². The summed E-state index contributed by atoms with van der Waals surface area (Å²) in [5.41, 5.74) is 1.53. The SMILES string of the molecule is Clc1nc2ccccc2o1.O=C(O)N1CCNCC1. The van der Waals surface area contributed by atoms with E-state index >= 15 is 0 Å². The second-order valence-corrected chi connectivity index (χ2v) is 4.28. The maximum Gasteiger partial charge on any atom is 0.407 e. The summed E-state index contributed by atoms with van der Waals surface area (Å²) in [5, 5.41) is 11.7. The number of aromatic nitrogens is 1. The molecule has 1 amide bonds. The Labute approximate surface area is 115 Å². The zero-order chi connectivity index (χ0) is 13.7. The van der Waals surface area contributed by atoms with E-state index in [0.717, 1.165) is 24.2 Å². The van der Waals surface area contributed by atoms with Crippen LogP contribution >= 0.6 is 11.6 Å². The van der Waals surface area contributed by atoms with Gasteiger partial charge in [-0.05, 0) is 23.7 Å². The Balaban J connectivity index is 0.000000141. The molecule has 3 rings (SSSR count). The van der Waals surface area contributed by atoms with Gasteiger partial charge in [0.15, 0.2) is 5.58 Å². The lowest BCUT2D eigenvalue weighted by atomic mass is 10.3. The minimum Gasteiger partial charge on any atom is -0.465 e. The van der Waals surface area contributed by atoms with Crippen LogP contribution in [0.4, 0.5) is 4.79 Å². The minimum absolute atomic E-state index is 0.196. The largest absolute Gasteiger partial charge is 0.465 e. The van der Waals surface area contributed by atoms with Crippen LogP contribution in [0.5, 0.6) is 0 Å². The van der Waals surface area contributed by atoms with Gasteiger partial charge >= 0.3 is 6.09 Å². The standard InChI is InChI=1S/C7H4ClNO.C5H10N2O2/c8-7-9-5-3-1-2-4-6(5)10-7;8-5(9)7-3-1-6-2-4-7/h1-4H;6H,1-4H2,(H,8,9). The van der Waals surface area contributed by atoms with E-state index < -0.39 is 6.09 Å². The van der Waals surface area contributed by atoms with Crippen molar-refractivity contribution in [2.75, 3.05) is 26.2 Å². The van der Waals surface area contributed by atoms with E-state index in [4.69, 9.17) is 21.1 Å². The van der Waals surface area contributed by atoms with Crippen molar-refractivity contribution in [2.45, 2.75) is 0 Å².